The second-order valence-electron chi connectivity index (χ2n) is 8.62. The lowest BCUT2D eigenvalue weighted by Crippen LogP contribution is -2.52. The fraction of sp³-hybridized carbons (Fsp3) is 0.375. The van der Waals surface area contributed by atoms with Gasteiger partial charge >= 0.3 is 0 Å². The van der Waals surface area contributed by atoms with Gasteiger partial charge in [-0.2, -0.15) is 0 Å². The predicted octanol–water partition coefficient (Wildman–Crippen LogP) is 1.43. The lowest BCUT2D eigenvalue weighted by atomic mass is 9.88. The van der Waals surface area contributed by atoms with Crippen molar-refractivity contribution in [3.63, 3.8) is 0 Å². The van der Waals surface area contributed by atoms with Crippen LogP contribution in [-0.4, -0.2) is 41.8 Å². The van der Waals surface area contributed by atoms with Crippen molar-refractivity contribution >= 4 is 17.7 Å². The van der Waals surface area contributed by atoms with Gasteiger partial charge in [0.1, 0.15) is 6.04 Å². The number of rotatable bonds is 5. The van der Waals surface area contributed by atoms with Gasteiger partial charge in [-0.1, -0.05) is 42.5 Å². The van der Waals surface area contributed by atoms with Gasteiger partial charge in [-0.3, -0.25) is 19.7 Å². The lowest BCUT2D eigenvalue weighted by molar-refractivity contribution is -0.136. The van der Waals surface area contributed by atoms with Gasteiger partial charge in [-0.05, 0) is 42.1 Å². The van der Waals surface area contributed by atoms with Crippen LogP contribution in [0.25, 0.3) is 0 Å². The second kappa shape index (κ2) is 7.90. The van der Waals surface area contributed by atoms with Crippen molar-refractivity contribution in [3.8, 4) is 0 Å². The number of nitrogens with one attached hydrogen (secondary N) is 3. The van der Waals surface area contributed by atoms with Gasteiger partial charge in [0.25, 0.3) is 5.91 Å². The van der Waals surface area contributed by atoms with Crippen molar-refractivity contribution in [1.82, 2.24) is 20.9 Å². The molecule has 160 valence electrons. The molecule has 2 saturated heterocycles. The number of carbonyl (C=O) groups is 3. The minimum atomic E-state index is -0.579. The molecule has 0 aromatic heterocycles. The minimum absolute atomic E-state index is 0.122. The summed E-state index contributed by atoms with van der Waals surface area (Å²) in [4.78, 5) is 38.3. The smallest absolute Gasteiger partial charge is 0.255 e. The third kappa shape index (κ3) is 3.64. The summed E-state index contributed by atoms with van der Waals surface area (Å²) in [6.07, 6.45) is 1.65. The van der Waals surface area contributed by atoms with E-state index in [1.54, 1.807) is 4.90 Å². The van der Waals surface area contributed by atoms with E-state index in [0.29, 0.717) is 25.1 Å². The van der Waals surface area contributed by atoms with Gasteiger partial charge in [0.2, 0.25) is 11.8 Å². The molecule has 0 bridgehead atoms. The highest BCUT2D eigenvalue weighted by atomic mass is 16.2. The molecule has 0 saturated carbocycles. The van der Waals surface area contributed by atoms with Crippen LogP contribution in [0.2, 0.25) is 0 Å². The average Bonchev–Trinajstić information content (AvgIpc) is 3.39. The third-order valence-corrected chi connectivity index (χ3v) is 6.71. The van der Waals surface area contributed by atoms with Crippen molar-refractivity contribution in [2.24, 2.45) is 0 Å². The van der Waals surface area contributed by atoms with Crippen molar-refractivity contribution in [2.75, 3.05) is 13.1 Å². The van der Waals surface area contributed by atoms with E-state index in [1.165, 1.54) is 5.56 Å². The molecule has 7 heteroatoms. The molecule has 31 heavy (non-hydrogen) atoms. The molecule has 3 aliphatic rings. The van der Waals surface area contributed by atoms with E-state index in [4.69, 9.17) is 0 Å². The number of carbonyl (C=O) groups excluding carboxylic acids is 3. The number of piperidine rings is 1. The third-order valence-electron chi connectivity index (χ3n) is 6.71. The summed E-state index contributed by atoms with van der Waals surface area (Å²) in [5.41, 5.74) is 3.77. The number of benzene rings is 2. The number of amides is 3. The molecule has 2 aromatic rings. The molecule has 3 aliphatic heterocycles. The number of nitrogens with zero attached hydrogens (tertiary/aromatic N) is 1. The summed E-state index contributed by atoms with van der Waals surface area (Å²) in [5.74, 6) is -0.781. The number of fused-ring (bicyclic) bond motifs is 1. The van der Waals surface area contributed by atoms with Gasteiger partial charge in [-0.25, -0.2) is 0 Å². The molecule has 0 aliphatic carbocycles. The fourth-order valence-corrected chi connectivity index (χ4v) is 4.93. The first kappa shape index (κ1) is 19.9. The van der Waals surface area contributed by atoms with E-state index < -0.39 is 6.04 Å². The molecule has 2 fully saturated rings. The van der Waals surface area contributed by atoms with E-state index in [-0.39, 0.29) is 29.7 Å². The number of hydrogen-bond acceptors (Lipinski definition) is 5. The molecule has 3 N–H and O–H groups in total. The highest BCUT2D eigenvalue weighted by molar-refractivity contribution is 6.05. The van der Waals surface area contributed by atoms with Gasteiger partial charge < -0.3 is 15.5 Å². The van der Waals surface area contributed by atoms with Crippen LogP contribution in [0.15, 0.2) is 48.5 Å². The summed E-state index contributed by atoms with van der Waals surface area (Å²) < 4.78 is 0. The van der Waals surface area contributed by atoms with Crippen LogP contribution in [0, 0.1) is 0 Å². The van der Waals surface area contributed by atoms with Gasteiger partial charge in [0, 0.05) is 31.6 Å². The average molecular weight is 418 g/mol. The zero-order valence-corrected chi connectivity index (χ0v) is 17.3. The van der Waals surface area contributed by atoms with E-state index in [1.807, 2.05) is 24.3 Å². The Kier molecular flexibility index (Phi) is 5.08. The standard InChI is InChI=1S/C24H26N4O3/c29-21-9-8-20(22(30)27-21)28-14-17-7-6-16(12-19(17)23(28)31)13-26-24(10-11-25-15-24)18-4-2-1-3-5-18/h1-7,12,20,25-26H,8-11,13-15H2,(H,27,29,30). The van der Waals surface area contributed by atoms with Gasteiger partial charge in [-0.15, -0.1) is 0 Å². The van der Waals surface area contributed by atoms with Crippen molar-refractivity contribution in [2.45, 2.75) is 43.9 Å². The fourth-order valence-electron chi connectivity index (χ4n) is 4.93. The van der Waals surface area contributed by atoms with Crippen LogP contribution in [0.1, 0.15) is 46.3 Å². The quantitative estimate of drug-likeness (QED) is 0.639. The normalized spacial score (nSPS) is 25.6. The molecule has 0 radical (unpaired) electrons. The van der Waals surface area contributed by atoms with Crippen LogP contribution in [-0.2, 0) is 28.2 Å². The first-order valence-corrected chi connectivity index (χ1v) is 10.8. The molecule has 5 rings (SSSR count). The topological polar surface area (TPSA) is 90.5 Å². The van der Waals surface area contributed by atoms with Crippen LogP contribution >= 0.6 is 0 Å². The lowest BCUT2D eigenvalue weighted by Gasteiger charge is -2.30. The summed E-state index contributed by atoms with van der Waals surface area (Å²) >= 11 is 0. The Labute approximate surface area is 181 Å². The van der Waals surface area contributed by atoms with Gasteiger partial charge in [0.15, 0.2) is 0 Å². The number of hydrogen-bond donors (Lipinski definition) is 3. The van der Waals surface area contributed by atoms with E-state index >= 15 is 0 Å². The highest BCUT2D eigenvalue weighted by Gasteiger charge is 2.39. The van der Waals surface area contributed by atoms with Crippen molar-refractivity contribution < 1.29 is 14.4 Å². The van der Waals surface area contributed by atoms with E-state index in [9.17, 15) is 14.4 Å². The van der Waals surface area contributed by atoms with Gasteiger partial charge in [0.05, 0.1) is 5.54 Å². The zero-order chi connectivity index (χ0) is 21.4. The molecule has 3 amide bonds. The Morgan fingerprint density at radius 1 is 1.10 bits per heavy atom. The molecular formula is C24H26N4O3. The molecule has 2 aromatic carbocycles. The monoisotopic (exact) mass is 418 g/mol. The first-order valence-electron chi connectivity index (χ1n) is 10.8. The first-order chi connectivity index (χ1) is 15.1. The van der Waals surface area contributed by atoms with Crippen molar-refractivity contribution in [3.05, 3.63) is 70.8 Å². The summed E-state index contributed by atoms with van der Waals surface area (Å²) in [6.45, 7) is 2.89. The molecule has 2 unspecified atom stereocenters. The minimum Gasteiger partial charge on any atom is -0.322 e. The molecule has 3 heterocycles. The maximum atomic E-state index is 13.1. The van der Waals surface area contributed by atoms with Crippen LogP contribution in [0.5, 0.6) is 0 Å². The Morgan fingerprint density at radius 3 is 2.68 bits per heavy atom. The SMILES string of the molecule is O=C1CCC(N2Cc3ccc(CNC4(c5ccccc5)CCNC4)cc3C2=O)C(=O)N1. The highest BCUT2D eigenvalue weighted by Crippen LogP contribution is 2.30. The molecular weight excluding hydrogens is 392 g/mol. The Balaban J connectivity index is 1.32. The summed E-state index contributed by atoms with van der Waals surface area (Å²) in [7, 11) is 0. The molecule has 7 nitrogen and oxygen atoms in total. The van der Waals surface area contributed by atoms with Crippen LogP contribution in [0.3, 0.4) is 0 Å². The summed E-state index contributed by atoms with van der Waals surface area (Å²) in [6, 6.07) is 15.9. The van der Waals surface area contributed by atoms with Crippen LogP contribution in [0.4, 0.5) is 0 Å². The predicted molar refractivity (Wildman–Crippen MR) is 115 cm³/mol. The summed E-state index contributed by atoms with van der Waals surface area (Å²) in [5, 5.41) is 9.54. The Bertz CT molecular complexity index is 1030. The second-order valence-corrected chi connectivity index (χ2v) is 8.62. The van der Waals surface area contributed by atoms with Crippen molar-refractivity contribution in [1.29, 1.82) is 0 Å². The van der Waals surface area contributed by atoms with Crippen LogP contribution < -0.4 is 16.0 Å². The number of imide groups is 1. The Morgan fingerprint density at radius 2 is 1.94 bits per heavy atom. The zero-order valence-electron chi connectivity index (χ0n) is 17.3. The molecule has 2 atom stereocenters. The largest absolute Gasteiger partial charge is 0.322 e. The maximum absolute atomic E-state index is 13.1. The Hall–Kier alpha value is -3.03. The van der Waals surface area contributed by atoms with E-state index in [0.717, 1.165) is 30.6 Å². The van der Waals surface area contributed by atoms with E-state index in [2.05, 4.69) is 40.2 Å². The maximum Gasteiger partial charge on any atom is 0.255 e. The molecule has 0 spiro atoms.